The van der Waals surface area contributed by atoms with Gasteiger partial charge in [0.15, 0.2) is 0 Å². The van der Waals surface area contributed by atoms with E-state index in [1.807, 2.05) is 0 Å². The van der Waals surface area contributed by atoms with Crippen molar-refractivity contribution in [1.29, 1.82) is 0 Å². The third kappa shape index (κ3) is 36.2. The lowest BCUT2D eigenvalue weighted by Crippen LogP contribution is -2.33. The minimum atomic E-state index is -0.704. The van der Waals surface area contributed by atoms with Crippen LogP contribution in [0.1, 0.15) is 40.0 Å². The summed E-state index contributed by atoms with van der Waals surface area (Å²) in [5.41, 5.74) is 1.60. The van der Waals surface area contributed by atoms with Crippen LogP contribution in [0.25, 0.3) is 0 Å². The lowest BCUT2D eigenvalue weighted by atomic mass is 10.2. The highest BCUT2D eigenvalue weighted by Crippen LogP contribution is 2.12. The second kappa shape index (κ2) is 37.6. The Labute approximate surface area is 335 Å². The highest BCUT2D eigenvalue weighted by Gasteiger charge is 2.32. The highest BCUT2D eigenvalue weighted by molar-refractivity contribution is 6.01. The lowest BCUT2D eigenvalue weighted by Gasteiger charge is -2.19. The molecule has 0 radical (unpaired) electrons. The highest BCUT2D eigenvalue weighted by atomic mass is 16.7. The smallest absolute Gasteiger partial charge is 0.431 e. The van der Waals surface area contributed by atoms with Gasteiger partial charge in [-0.05, 0) is 20.8 Å². The minimum Gasteiger partial charge on any atom is -0.442 e. The summed E-state index contributed by atoms with van der Waals surface area (Å²) >= 11 is 0. The first-order valence-corrected chi connectivity index (χ1v) is 19.3. The molecule has 0 aliphatic carbocycles. The molecule has 21 nitrogen and oxygen atoms in total. The van der Waals surface area contributed by atoms with Crippen molar-refractivity contribution >= 4 is 23.9 Å². The van der Waals surface area contributed by atoms with E-state index in [0.717, 1.165) is 0 Å². The molecule has 0 atom stereocenters. The summed E-state index contributed by atoms with van der Waals surface area (Å²) in [6.45, 7) is 15.4. The topological polar surface area (TPSA) is 222 Å². The third-order valence-corrected chi connectivity index (χ3v) is 6.63. The van der Waals surface area contributed by atoms with Gasteiger partial charge in [-0.2, -0.15) is 5.48 Å². The van der Waals surface area contributed by atoms with Gasteiger partial charge in [0.2, 0.25) is 0 Å². The van der Waals surface area contributed by atoms with E-state index in [2.05, 4.69) is 5.48 Å². The molecule has 21 heteroatoms. The number of nitrogens with zero attached hydrogens (tertiary/aromatic N) is 1. The Bertz CT molecular complexity index is 987. The fourth-order valence-corrected chi connectivity index (χ4v) is 3.99. The summed E-state index contributed by atoms with van der Waals surface area (Å²) in [6.07, 6.45) is -0.617. The van der Waals surface area contributed by atoms with Crippen molar-refractivity contribution in [2.75, 3.05) is 165 Å². The molecule has 0 aromatic carbocycles. The Morgan fingerprint density at radius 3 is 1.00 bits per heavy atom. The Hall–Kier alpha value is -2.64. The maximum Gasteiger partial charge on any atom is 0.431 e. The van der Waals surface area contributed by atoms with Crippen molar-refractivity contribution in [2.24, 2.45) is 0 Å². The number of rotatable bonds is 41. The zero-order valence-electron chi connectivity index (χ0n) is 34.0. The van der Waals surface area contributed by atoms with Crippen LogP contribution in [0.3, 0.4) is 0 Å². The van der Waals surface area contributed by atoms with Crippen LogP contribution in [0.2, 0.25) is 0 Å². The molecule has 0 spiro atoms. The van der Waals surface area contributed by atoms with E-state index in [1.165, 1.54) is 0 Å². The van der Waals surface area contributed by atoms with Gasteiger partial charge in [0.1, 0.15) is 5.60 Å². The van der Waals surface area contributed by atoms with Gasteiger partial charge in [0.05, 0.1) is 172 Å². The van der Waals surface area contributed by atoms with Crippen molar-refractivity contribution in [1.82, 2.24) is 10.5 Å². The molecule has 1 fully saturated rings. The number of hydrogen-bond donors (Lipinski definition) is 1. The monoisotopic (exact) mass is 830 g/mol. The zero-order valence-corrected chi connectivity index (χ0v) is 34.0. The second-order valence-corrected chi connectivity index (χ2v) is 12.6. The van der Waals surface area contributed by atoms with E-state index in [4.69, 9.17) is 71.3 Å². The number of amides is 3. The van der Waals surface area contributed by atoms with Crippen LogP contribution in [0, 0.1) is 0 Å². The van der Waals surface area contributed by atoms with Gasteiger partial charge in [0.25, 0.3) is 11.8 Å². The molecule has 1 N–H and O–H groups in total. The summed E-state index contributed by atoms with van der Waals surface area (Å²) in [5.74, 6) is -1.73. The number of imide groups is 1. The van der Waals surface area contributed by atoms with Crippen LogP contribution in [0.15, 0.2) is 0 Å². The van der Waals surface area contributed by atoms with E-state index in [0.29, 0.717) is 150 Å². The predicted molar refractivity (Wildman–Crippen MR) is 197 cm³/mol. The third-order valence-electron chi connectivity index (χ3n) is 6.63. The van der Waals surface area contributed by atoms with Gasteiger partial charge < -0.3 is 66.4 Å². The number of hydrogen-bond acceptors (Lipinski definition) is 19. The quantitative estimate of drug-likeness (QED) is 0.0507. The fraction of sp³-hybridized carbons (Fsp3) is 0.889. The number of hydroxylamine groups is 3. The molecule has 1 rings (SSSR count). The van der Waals surface area contributed by atoms with Crippen molar-refractivity contribution < 1.29 is 90.4 Å². The van der Waals surface area contributed by atoms with Gasteiger partial charge in [-0.1, -0.05) is 0 Å². The van der Waals surface area contributed by atoms with Crippen molar-refractivity contribution in [3.63, 3.8) is 0 Å². The van der Waals surface area contributed by atoms with E-state index >= 15 is 0 Å². The van der Waals surface area contributed by atoms with Crippen LogP contribution >= 0.6 is 0 Å². The average molecular weight is 831 g/mol. The number of carbonyl (C=O) groups is 4. The second-order valence-electron chi connectivity index (χ2n) is 12.6. The minimum absolute atomic E-state index is 0.0543. The number of carbonyl (C=O) groups excluding carboxylic acids is 4. The molecule has 0 bridgehead atoms. The summed E-state index contributed by atoms with van der Waals surface area (Å²) < 4.78 is 70.1. The van der Waals surface area contributed by atoms with Crippen molar-refractivity contribution in [3.8, 4) is 0 Å². The first kappa shape index (κ1) is 52.4. The molecular weight excluding hydrogens is 764 g/mol. The zero-order chi connectivity index (χ0) is 41.5. The lowest BCUT2D eigenvalue weighted by molar-refractivity contribution is -0.198. The van der Waals surface area contributed by atoms with Crippen LogP contribution in [-0.2, 0) is 85.6 Å². The number of nitrogens with one attached hydrogen (secondary N) is 1. The van der Waals surface area contributed by atoms with Gasteiger partial charge in [-0.25, -0.2) is 9.59 Å². The van der Waals surface area contributed by atoms with E-state index in [1.54, 1.807) is 20.8 Å². The molecular formula is C36H66N2O19. The average Bonchev–Trinajstić information content (AvgIpc) is 3.48. The predicted octanol–water partition coefficient (Wildman–Crippen LogP) is 0.639. The SMILES string of the molecule is CC(C)(C)OC(=O)NOCCOCCOCCOCCOCCOCCOCCOCCOCCOCCOCCOCCOCCC(=O)ON1C(=O)CCC1=O. The normalized spacial score (nSPS) is 13.1. The molecule has 334 valence electrons. The van der Waals surface area contributed by atoms with Crippen molar-refractivity contribution in [3.05, 3.63) is 0 Å². The first-order valence-electron chi connectivity index (χ1n) is 19.3. The largest absolute Gasteiger partial charge is 0.442 e. The van der Waals surface area contributed by atoms with Gasteiger partial charge in [-0.15, -0.1) is 5.06 Å². The molecule has 1 aliphatic rings. The van der Waals surface area contributed by atoms with Crippen LogP contribution < -0.4 is 5.48 Å². The Morgan fingerprint density at radius 2 is 0.719 bits per heavy atom. The summed E-state index contributed by atoms with van der Waals surface area (Å²) in [5, 5.41) is 0.515. The maximum absolute atomic E-state index is 11.7. The maximum atomic E-state index is 11.7. The molecule has 3 amide bonds. The van der Waals surface area contributed by atoms with E-state index < -0.39 is 29.5 Å². The van der Waals surface area contributed by atoms with Gasteiger partial charge in [0, 0.05) is 12.8 Å². The molecule has 1 heterocycles. The van der Waals surface area contributed by atoms with Crippen LogP contribution in [0.4, 0.5) is 4.79 Å². The fourth-order valence-electron chi connectivity index (χ4n) is 3.99. The van der Waals surface area contributed by atoms with E-state index in [-0.39, 0.29) is 39.1 Å². The molecule has 0 saturated carbocycles. The Kier molecular flexibility index (Phi) is 34.6. The molecule has 57 heavy (non-hydrogen) atoms. The Balaban J connectivity index is 1.64. The molecule has 0 unspecified atom stereocenters. The first-order chi connectivity index (χ1) is 27.7. The summed E-state index contributed by atoms with van der Waals surface area (Å²) in [4.78, 5) is 55.6. The molecule has 1 saturated heterocycles. The molecule has 1 aliphatic heterocycles. The standard InChI is InChI=1S/C36H66N2O19/c1-36(2,3)56-35(42)37-55-31-30-54-29-28-53-27-26-52-25-24-51-23-22-50-21-20-49-19-18-48-17-16-47-15-14-46-13-12-45-11-10-44-9-8-43-7-6-34(41)57-38-32(39)4-5-33(38)40/h4-31H2,1-3H3,(H,37,42). The van der Waals surface area contributed by atoms with Gasteiger partial charge in [-0.3, -0.25) is 14.4 Å². The number of ether oxygens (including phenoxy) is 13. The molecule has 0 aromatic heterocycles. The summed E-state index contributed by atoms with van der Waals surface area (Å²) in [7, 11) is 0. The van der Waals surface area contributed by atoms with Crippen LogP contribution in [-0.4, -0.2) is 200 Å². The van der Waals surface area contributed by atoms with E-state index in [9.17, 15) is 19.2 Å². The van der Waals surface area contributed by atoms with Crippen LogP contribution in [0.5, 0.6) is 0 Å². The van der Waals surface area contributed by atoms with Gasteiger partial charge >= 0.3 is 12.1 Å². The van der Waals surface area contributed by atoms with Crippen molar-refractivity contribution in [2.45, 2.75) is 45.6 Å². The Morgan fingerprint density at radius 1 is 0.456 bits per heavy atom. The molecule has 0 aromatic rings. The summed E-state index contributed by atoms with van der Waals surface area (Å²) in [6, 6.07) is 0.